The molecule has 0 aromatic heterocycles. The minimum atomic E-state index is -1.03. The smallest absolute Gasteiger partial charge is 0.279 e. The molecule has 26 heavy (non-hydrogen) atoms. The predicted octanol–water partition coefficient (Wildman–Crippen LogP) is 2.35. The zero-order valence-electron chi connectivity index (χ0n) is 14.0. The molecule has 2 aromatic rings. The van der Waals surface area contributed by atoms with Crippen LogP contribution in [0.5, 0.6) is 11.5 Å². The summed E-state index contributed by atoms with van der Waals surface area (Å²) in [5.41, 5.74) is 4.35. The number of amides is 2. The Morgan fingerprint density at radius 1 is 0.962 bits per heavy atom. The number of nitrogens with one attached hydrogen (secondary N) is 2. The molecule has 2 amide bonds. The van der Waals surface area contributed by atoms with Crippen LogP contribution in [0.25, 0.3) is 0 Å². The fraction of sp³-hybridized carbons (Fsp3) is 0.222. The van der Waals surface area contributed by atoms with E-state index in [9.17, 15) is 18.4 Å². The fourth-order valence-corrected chi connectivity index (χ4v) is 1.90. The average Bonchev–Trinajstić information content (AvgIpc) is 2.63. The van der Waals surface area contributed by atoms with Crippen LogP contribution in [0.3, 0.4) is 0 Å². The molecule has 6 nitrogen and oxygen atoms in total. The van der Waals surface area contributed by atoms with Crippen molar-refractivity contribution in [2.24, 2.45) is 0 Å². The second-order valence-electron chi connectivity index (χ2n) is 5.26. The van der Waals surface area contributed by atoms with Crippen molar-refractivity contribution in [3.63, 3.8) is 0 Å². The molecule has 0 bridgehead atoms. The Hall–Kier alpha value is -3.16. The zero-order valence-corrected chi connectivity index (χ0v) is 14.0. The Morgan fingerprint density at radius 2 is 1.54 bits per heavy atom. The van der Waals surface area contributed by atoms with Crippen molar-refractivity contribution in [1.29, 1.82) is 0 Å². The van der Waals surface area contributed by atoms with Crippen molar-refractivity contribution in [3.05, 3.63) is 60.2 Å². The van der Waals surface area contributed by atoms with E-state index in [0.717, 1.165) is 0 Å². The van der Waals surface area contributed by atoms with Gasteiger partial charge in [0.25, 0.3) is 5.91 Å². The number of hydrogen-bond donors (Lipinski definition) is 2. The first-order valence-corrected chi connectivity index (χ1v) is 7.84. The van der Waals surface area contributed by atoms with Gasteiger partial charge in [0.05, 0.1) is 13.0 Å². The first-order chi connectivity index (χ1) is 12.5. The number of rotatable bonds is 7. The maximum absolute atomic E-state index is 13.5. The maximum atomic E-state index is 13.5. The van der Waals surface area contributed by atoms with Gasteiger partial charge in [-0.25, -0.2) is 8.78 Å². The second-order valence-corrected chi connectivity index (χ2v) is 5.26. The summed E-state index contributed by atoms with van der Waals surface area (Å²) >= 11 is 0. The van der Waals surface area contributed by atoms with Gasteiger partial charge in [-0.1, -0.05) is 24.3 Å². The van der Waals surface area contributed by atoms with Gasteiger partial charge in [0.2, 0.25) is 5.91 Å². The van der Waals surface area contributed by atoms with Gasteiger partial charge in [0.15, 0.2) is 29.2 Å². The Kier molecular flexibility index (Phi) is 6.90. The predicted molar refractivity (Wildman–Crippen MR) is 89.3 cm³/mol. The third-order valence-corrected chi connectivity index (χ3v) is 3.26. The molecule has 1 atom stereocenters. The van der Waals surface area contributed by atoms with E-state index in [1.165, 1.54) is 43.3 Å². The zero-order chi connectivity index (χ0) is 18.9. The summed E-state index contributed by atoms with van der Waals surface area (Å²) in [5, 5.41) is 0. The van der Waals surface area contributed by atoms with Gasteiger partial charge in [-0.15, -0.1) is 0 Å². The SMILES string of the molecule is CC(Oc1ccccc1F)C(=O)NNC(=O)CCOc1ccccc1F. The molecule has 0 heterocycles. The van der Waals surface area contributed by atoms with E-state index in [0.29, 0.717) is 0 Å². The van der Waals surface area contributed by atoms with Gasteiger partial charge in [0.1, 0.15) is 0 Å². The van der Waals surface area contributed by atoms with Crippen LogP contribution in [-0.2, 0) is 9.59 Å². The molecule has 0 saturated carbocycles. The molecule has 0 radical (unpaired) electrons. The van der Waals surface area contributed by atoms with E-state index >= 15 is 0 Å². The van der Waals surface area contributed by atoms with Crippen LogP contribution in [0.4, 0.5) is 8.78 Å². The summed E-state index contributed by atoms with van der Waals surface area (Å²) in [6.07, 6.45) is -1.13. The molecule has 0 aliphatic heterocycles. The van der Waals surface area contributed by atoms with Gasteiger partial charge >= 0.3 is 0 Å². The molecule has 138 valence electrons. The number of hydrazine groups is 1. The quantitative estimate of drug-likeness (QED) is 0.740. The number of ether oxygens (including phenoxy) is 2. The van der Waals surface area contributed by atoms with Crippen LogP contribution in [0, 0.1) is 11.6 Å². The molecule has 0 spiro atoms. The second kappa shape index (κ2) is 9.36. The van der Waals surface area contributed by atoms with Gasteiger partial charge < -0.3 is 9.47 Å². The van der Waals surface area contributed by atoms with Crippen molar-refractivity contribution < 1.29 is 27.8 Å². The minimum Gasteiger partial charge on any atom is -0.490 e. The highest BCUT2D eigenvalue weighted by Gasteiger charge is 2.17. The van der Waals surface area contributed by atoms with Gasteiger partial charge in [0, 0.05) is 0 Å². The summed E-state index contributed by atoms with van der Waals surface area (Å²) < 4.78 is 37.1. The first-order valence-electron chi connectivity index (χ1n) is 7.84. The van der Waals surface area contributed by atoms with Crippen LogP contribution >= 0.6 is 0 Å². The van der Waals surface area contributed by atoms with Gasteiger partial charge in [-0.3, -0.25) is 20.4 Å². The van der Waals surface area contributed by atoms with Gasteiger partial charge in [-0.05, 0) is 31.2 Å². The van der Waals surface area contributed by atoms with E-state index < -0.39 is 29.6 Å². The Bertz CT molecular complexity index is 770. The molecular weight excluding hydrogens is 346 g/mol. The lowest BCUT2D eigenvalue weighted by molar-refractivity contribution is -0.133. The highest BCUT2D eigenvalue weighted by molar-refractivity contribution is 5.84. The van der Waals surface area contributed by atoms with Crippen molar-refractivity contribution in [2.45, 2.75) is 19.4 Å². The van der Waals surface area contributed by atoms with E-state index in [1.54, 1.807) is 12.1 Å². The molecule has 0 fully saturated rings. The first kappa shape index (κ1) is 19.2. The lowest BCUT2D eigenvalue weighted by Crippen LogP contribution is -2.47. The molecule has 1 unspecified atom stereocenters. The van der Waals surface area contributed by atoms with E-state index in [2.05, 4.69) is 10.9 Å². The number of halogens is 2. The standard InChI is InChI=1S/C18H18F2N2O4/c1-12(26-16-9-5-3-7-14(16)20)18(24)22-21-17(23)10-11-25-15-8-4-2-6-13(15)19/h2-9,12H,10-11H2,1H3,(H,21,23)(H,22,24). The molecule has 8 heteroatoms. The lowest BCUT2D eigenvalue weighted by Gasteiger charge is -2.15. The summed E-state index contributed by atoms with van der Waals surface area (Å²) in [4.78, 5) is 23.5. The van der Waals surface area contributed by atoms with Crippen LogP contribution < -0.4 is 20.3 Å². The molecular formula is C18H18F2N2O4. The van der Waals surface area contributed by atoms with Crippen LogP contribution in [-0.4, -0.2) is 24.5 Å². The lowest BCUT2D eigenvalue weighted by atomic mass is 10.3. The van der Waals surface area contributed by atoms with Gasteiger partial charge in [-0.2, -0.15) is 0 Å². The van der Waals surface area contributed by atoms with E-state index in [-0.39, 0.29) is 24.5 Å². The fourth-order valence-electron chi connectivity index (χ4n) is 1.90. The molecule has 0 aliphatic carbocycles. The van der Waals surface area contributed by atoms with Crippen LogP contribution in [0.1, 0.15) is 13.3 Å². The molecule has 0 aliphatic rings. The monoisotopic (exact) mass is 364 g/mol. The molecule has 2 rings (SSSR count). The molecule has 2 N–H and O–H groups in total. The number of benzene rings is 2. The molecule has 0 saturated heterocycles. The Balaban J connectivity index is 1.70. The third-order valence-electron chi connectivity index (χ3n) is 3.26. The van der Waals surface area contributed by atoms with Crippen LogP contribution in [0.2, 0.25) is 0 Å². The Labute approximate surface area is 149 Å². The highest BCUT2D eigenvalue weighted by Crippen LogP contribution is 2.17. The number of carbonyl (C=O) groups is 2. The topological polar surface area (TPSA) is 76.7 Å². The number of carbonyl (C=O) groups excluding carboxylic acids is 2. The largest absolute Gasteiger partial charge is 0.490 e. The van der Waals surface area contributed by atoms with Crippen molar-refractivity contribution in [2.75, 3.05) is 6.61 Å². The summed E-state index contributed by atoms with van der Waals surface area (Å²) in [6, 6.07) is 11.5. The summed E-state index contributed by atoms with van der Waals surface area (Å²) in [7, 11) is 0. The maximum Gasteiger partial charge on any atom is 0.279 e. The number of para-hydroxylation sites is 2. The number of hydrogen-bond acceptors (Lipinski definition) is 4. The van der Waals surface area contributed by atoms with Crippen LogP contribution in [0.15, 0.2) is 48.5 Å². The van der Waals surface area contributed by atoms with E-state index in [1.807, 2.05) is 0 Å². The molecule has 2 aromatic carbocycles. The Morgan fingerprint density at radius 3 is 2.15 bits per heavy atom. The summed E-state index contributed by atoms with van der Waals surface area (Å²) in [6.45, 7) is 1.35. The van der Waals surface area contributed by atoms with Crippen molar-refractivity contribution in [1.82, 2.24) is 10.9 Å². The highest BCUT2D eigenvalue weighted by atomic mass is 19.1. The van der Waals surface area contributed by atoms with Crippen molar-refractivity contribution >= 4 is 11.8 Å². The summed E-state index contributed by atoms with van der Waals surface area (Å²) in [5.74, 6) is -2.35. The minimum absolute atomic E-state index is 0.0382. The van der Waals surface area contributed by atoms with Crippen molar-refractivity contribution in [3.8, 4) is 11.5 Å². The normalized spacial score (nSPS) is 11.3. The average molecular weight is 364 g/mol. The van der Waals surface area contributed by atoms with E-state index in [4.69, 9.17) is 9.47 Å². The third kappa shape index (κ3) is 5.73.